The van der Waals surface area contributed by atoms with Crippen molar-refractivity contribution in [1.82, 2.24) is 4.31 Å². The molecule has 102 valence electrons. The van der Waals surface area contributed by atoms with Crippen LogP contribution in [0.15, 0.2) is 23.1 Å². The lowest BCUT2D eigenvalue weighted by Gasteiger charge is -2.21. The van der Waals surface area contributed by atoms with Crippen LogP contribution in [0.2, 0.25) is 5.02 Å². The second-order valence-electron chi connectivity index (χ2n) is 3.82. The molecule has 0 aliphatic heterocycles. The number of benzene rings is 1. The van der Waals surface area contributed by atoms with Gasteiger partial charge < -0.3 is 10.8 Å². The number of nitrogen functional groups attached to an aromatic ring is 1. The van der Waals surface area contributed by atoms with Crippen LogP contribution in [-0.2, 0) is 10.0 Å². The lowest BCUT2D eigenvalue weighted by atomic mass is 10.3. The molecule has 0 amide bonds. The van der Waals surface area contributed by atoms with Crippen LogP contribution in [0.1, 0.15) is 13.3 Å². The van der Waals surface area contributed by atoms with Gasteiger partial charge in [-0.3, -0.25) is 0 Å². The molecule has 0 aliphatic carbocycles. The first-order chi connectivity index (χ1) is 8.43. The Morgan fingerprint density at radius 3 is 2.61 bits per heavy atom. The Kier molecular flexibility index (Phi) is 5.40. The number of aliphatic hydroxyl groups excluding tert-OH is 1. The van der Waals surface area contributed by atoms with E-state index in [0.717, 1.165) is 0 Å². The fourth-order valence-electron chi connectivity index (χ4n) is 1.57. The Morgan fingerprint density at radius 1 is 1.39 bits per heavy atom. The zero-order valence-corrected chi connectivity index (χ0v) is 11.7. The second kappa shape index (κ2) is 6.38. The topological polar surface area (TPSA) is 83.6 Å². The van der Waals surface area contributed by atoms with E-state index in [4.69, 9.17) is 22.4 Å². The maximum atomic E-state index is 12.4. The second-order valence-corrected chi connectivity index (χ2v) is 6.13. The van der Waals surface area contributed by atoms with Crippen LogP contribution >= 0.6 is 11.6 Å². The average molecular weight is 293 g/mol. The van der Waals surface area contributed by atoms with E-state index in [0.29, 0.717) is 18.7 Å². The predicted molar refractivity (Wildman–Crippen MR) is 72.0 cm³/mol. The molecule has 0 saturated heterocycles. The lowest BCUT2D eigenvalue weighted by Crippen LogP contribution is -2.34. The number of anilines is 1. The van der Waals surface area contributed by atoms with Gasteiger partial charge in [0.05, 0.1) is 11.6 Å². The highest BCUT2D eigenvalue weighted by molar-refractivity contribution is 7.89. The van der Waals surface area contributed by atoms with Crippen molar-refractivity contribution in [3.05, 3.63) is 23.2 Å². The molecule has 0 unspecified atom stereocenters. The number of nitrogens with two attached hydrogens (primary N) is 1. The van der Waals surface area contributed by atoms with Gasteiger partial charge in [-0.25, -0.2) is 8.42 Å². The van der Waals surface area contributed by atoms with Gasteiger partial charge >= 0.3 is 0 Å². The molecule has 0 bridgehead atoms. The quantitative estimate of drug-likeness (QED) is 0.775. The molecule has 0 heterocycles. The van der Waals surface area contributed by atoms with Crippen LogP contribution in [0, 0.1) is 0 Å². The SMILES string of the molecule is CCCN(CCO)S(=O)(=O)c1cc(N)ccc1Cl. The Labute approximate surface area is 112 Å². The molecule has 0 fully saturated rings. The molecule has 1 aromatic rings. The molecule has 3 N–H and O–H groups in total. The zero-order chi connectivity index (χ0) is 13.8. The first-order valence-electron chi connectivity index (χ1n) is 5.59. The standard InChI is InChI=1S/C11H17ClN2O3S/c1-2-5-14(6-7-15)18(16,17)11-8-9(13)3-4-10(11)12/h3-4,8,15H,2,5-7,13H2,1H3. The van der Waals surface area contributed by atoms with Gasteiger partial charge in [-0.15, -0.1) is 0 Å². The van der Waals surface area contributed by atoms with E-state index in [-0.39, 0.29) is 23.1 Å². The molecular weight excluding hydrogens is 276 g/mol. The number of aliphatic hydroxyl groups is 1. The number of hydrogen-bond acceptors (Lipinski definition) is 4. The number of rotatable bonds is 6. The Balaban J connectivity index is 3.21. The van der Waals surface area contributed by atoms with Crippen molar-refractivity contribution in [3.63, 3.8) is 0 Å². The van der Waals surface area contributed by atoms with Gasteiger partial charge in [0.15, 0.2) is 0 Å². The lowest BCUT2D eigenvalue weighted by molar-refractivity contribution is 0.253. The molecule has 0 aromatic heterocycles. The third kappa shape index (κ3) is 3.35. The number of halogens is 1. The van der Waals surface area contributed by atoms with Crippen LogP contribution in [-0.4, -0.2) is 37.5 Å². The Bertz CT molecular complexity index is 499. The van der Waals surface area contributed by atoms with Gasteiger partial charge in [0.2, 0.25) is 10.0 Å². The van der Waals surface area contributed by atoms with Crippen molar-refractivity contribution < 1.29 is 13.5 Å². The van der Waals surface area contributed by atoms with Gasteiger partial charge in [-0.1, -0.05) is 18.5 Å². The van der Waals surface area contributed by atoms with Crippen LogP contribution < -0.4 is 5.73 Å². The zero-order valence-electron chi connectivity index (χ0n) is 10.1. The third-order valence-corrected chi connectivity index (χ3v) is 4.78. The summed E-state index contributed by atoms with van der Waals surface area (Å²) in [4.78, 5) is -0.0222. The largest absolute Gasteiger partial charge is 0.399 e. The van der Waals surface area contributed by atoms with E-state index in [1.807, 2.05) is 6.92 Å². The van der Waals surface area contributed by atoms with Gasteiger partial charge in [0.1, 0.15) is 4.90 Å². The number of nitrogens with zero attached hydrogens (tertiary/aromatic N) is 1. The normalized spacial score (nSPS) is 12.0. The summed E-state index contributed by atoms with van der Waals surface area (Å²) in [6.07, 6.45) is 0.652. The Hall–Kier alpha value is -0.820. The highest BCUT2D eigenvalue weighted by Crippen LogP contribution is 2.26. The monoisotopic (exact) mass is 292 g/mol. The minimum absolute atomic E-state index is 0.0222. The minimum Gasteiger partial charge on any atom is -0.399 e. The van der Waals surface area contributed by atoms with Gasteiger partial charge in [0.25, 0.3) is 0 Å². The van der Waals surface area contributed by atoms with E-state index in [1.165, 1.54) is 22.5 Å². The van der Waals surface area contributed by atoms with Crippen molar-refractivity contribution >= 4 is 27.3 Å². The summed E-state index contributed by atoms with van der Waals surface area (Å²) in [5.41, 5.74) is 5.91. The molecule has 18 heavy (non-hydrogen) atoms. The van der Waals surface area contributed by atoms with Crippen LogP contribution in [0.5, 0.6) is 0 Å². The van der Waals surface area contributed by atoms with Gasteiger partial charge in [-0.2, -0.15) is 4.31 Å². The van der Waals surface area contributed by atoms with Crippen molar-refractivity contribution in [2.45, 2.75) is 18.2 Å². The van der Waals surface area contributed by atoms with Crippen LogP contribution in [0.4, 0.5) is 5.69 Å². The molecule has 0 saturated carbocycles. The summed E-state index contributed by atoms with van der Waals surface area (Å²) in [7, 11) is -3.72. The summed E-state index contributed by atoms with van der Waals surface area (Å²) in [6, 6.07) is 4.32. The molecule has 0 spiro atoms. The first kappa shape index (κ1) is 15.2. The van der Waals surface area contributed by atoms with Crippen molar-refractivity contribution in [3.8, 4) is 0 Å². The first-order valence-corrected chi connectivity index (χ1v) is 7.41. The van der Waals surface area contributed by atoms with E-state index in [9.17, 15) is 8.42 Å². The summed E-state index contributed by atoms with van der Waals surface area (Å²) in [6.45, 7) is 2.00. The van der Waals surface area contributed by atoms with E-state index >= 15 is 0 Å². The summed E-state index contributed by atoms with van der Waals surface area (Å²) in [5, 5.41) is 9.06. The highest BCUT2D eigenvalue weighted by Gasteiger charge is 2.25. The molecule has 1 rings (SSSR count). The summed E-state index contributed by atoms with van der Waals surface area (Å²) >= 11 is 5.90. The van der Waals surface area contributed by atoms with Crippen molar-refractivity contribution in [2.24, 2.45) is 0 Å². The van der Waals surface area contributed by atoms with E-state index < -0.39 is 10.0 Å². The van der Waals surface area contributed by atoms with Gasteiger partial charge in [0, 0.05) is 18.8 Å². The average Bonchev–Trinajstić information content (AvgIpc) is 2.32. The third-order valence-electron chi connectivity index (χ3n) is 2.40. The molecule has 1 aromatic carbocycles. The van der Waals surface area contributed by atoms with Crippen molar-refractivity contribution in [1.29, 1.82) is 0 Å². The fourth-order valence-corrected chi connectivity index (χ4v) is 3.60. The molecule has 7 heteroatoms. The summed E-state index contributed by atoms with van der Waals surface area (Å²) < 4.78 is 25.9. The van der Waals surface area contributed by atoms with Gasteiger partial charge in [-0.05, 0) is 24.6 Å². The summed E-state index contributed by atoms with van der Waals surface area (Å²) in [5.74, 6) is 0. The van der Waals surface area contributed by atoms with E-state index in [1.54, 1.807) is 0 Å². The number of hydrogen-bond donors (Lipinski definition) is 2. The predicted octanol–water partition coefficient (Wildman–Crippen LogP) is 1.32. The maximum Gasteiger partial charge on any atom is 0.244 e. The molecule has 0 atom stereocenters. The number of sulfonamides is 1. The Morgan fingerprint density at radius 2 is 2.06 bits per heavy atom. The smallest absolute Gasteiger partial charge is 0.244 e. The van der Waals surface area contributed by atoms with Crippen molar-refractivity contribution in [2.75, 3.05) is 25.4 Å². The highest BCUT2D eigenvalue weighted by atomic mass is 35.5. The van der Waals surface area contributed by atoms with Crippen LogP contribution in [0.25, 0.3) is 0 Å². The van der Waals surface area contributed by atoms with E-state index in [2.05, 4.69) is 0 Å². The molecule has 0 aliphatic rings. The molecular formula is C11H17ClN2O3S. The molecule has 5 nitrogen and oxygen atoms in total. The fraction of sp³-hybridized carbons (Fsp3) is 0.455. The minimum atomic E-state index is -3.72. The van der Waals surface area contributed by atoms with Crippen LogP contribution in [0.3, 0.4) is 0 Å². The molecule has 0 radical (unpaired) electrons. The maximum absolute atomic E-state index is 12.4.